The monoisotopic (exact) mass is 248 g/mol. The maximum Gasteiger partial charge on any atom is 0.124 e. The lowest BCUT2D eigenvalue weighted by molar-refractivity contribution is 0.431. The number of hydrogen-bond donors (Lipinski definition) is 0. The Morgan fingerprint density at radius 2 is 2.18 bits per heavy atom. The van der Waals surface area contributed by atoms with Gasteiger partial charge in [-0.3, -0.25) is 0 Å². The van der Waals surface area contributed by atoms with Crippen molar-refractivity contribution in [1.82, 2.24) is 9.55 Å². The molecule has 90 valence electrons. The van der Waals surface area contributed by atoms with Crippen LogP contribution in [0.5, 0.6) is 0 Å². The molecule has 1 unspecified atom stereocenters. The van der Waals surface area contributed by atoms with Crippen molar-refractivity contribution in [3.05, 3.63) is 30.1 Å². The normalized spacial score (nSPS) is 17.5. The third kappa shape index (κ3) is 2.06. The van der Waals surface area contributed by atoms with Crippen LogP contribution in [0.2, 0.25) is 0 Å². The molecule has 0 radical (unpaired) electrons. The summed E-state index contributed by atoms with van der Waals surface area (Å²) >= 11 is 6.00. The van der Waals surface area contributed by atoms with Crippen molar-refractivity contribution in [2.75, 3.05) is 0 Å². The zero-order chi connectivity index (χ0) is 11.8. The van der Waals surface area contributed by atoms with Crippen molar-refractivity contribution in [3.63, 3.8) is 0 Å². The fourth-order valence-electron chi connectivity index (χ4n) is 2.53. The van der Waals surface area contributed by atoms with Gasteiger partial charge in [0.05, 0.1) is 16.9 Å². The summed E-state index contributed by atoms with van der Waals surface area (Å²) in [5, 5.41) is 0. The van der Waals surface area contributed by atoms with Crippen molar-refractivity contribution < 1.29 is 0 Å². The van der Waals surface area contributed by atoms with Crippen LogP contribution in [0.4, 0.5) is 0 Å². The molecule has 0 spiro atoms. The standard InChI is InChI=1S/C14H17ClN2/c1-10(11-6-7-11)9-17-13-5-3-2-4-12(13)16-14(17)8-15/h2-5,10-11H,6-9H2,1H3. The van der Waals surface area contributed by atoms with Crippen LogP contribution < -0.4 is 0 Å². The summed E-state index contributed by atoms with van der Waals surface area (Å²) in [5.41, 5.74) is 2.28. The van der Waals surface area contributed by atoms with E-state index >= 15 is 0 Å². The summed E-state index contributed by atoms with van der Waals surface area (Å²) in [7, 11) is 0. The van der Waals surface area contributed by atoms with Gasteiger partial charge in [-0.2, -0.15) is 0 Å². The number of fused-ring (bicyclic) bond motifs is 1. The number of rotatable bonds is 4. The SMILES string of the molecule is CC(Cn1c(CCl)nc2ccccc21)C1CC1. The highest BCUT2D eigenvalue weighted by atomic mass is 35.5. The Kier molecular flexibility index (Phi) is 2.83. The summed E-state index contributed by atoms with van der Waals surface area (Å²) in [6, 6.07) is 8.30. The van der Waals surface area contributed by atoms with E-state index in [9.17, 15) is 0 Å². The van der Waals surface area contributed by atoms with Crippen LogP contribution in [0.15, 0.2) is 24.3 Å². The number of imidazole rings is 1. The largest absolute Gasteiger partial charge is 0.327 e. The van der Waals surface area contributed by atoms with Crippen molar-refractivity contribution in [1.29, 1.82) is 0 Å². The molecule has 1 aliphatic rings. The number of nitrogens with zero attached hydrogens (tertiary/aromatic N) is 2. The zero-order valence-corrected chi connectivity index (χ0v) is 10.8. The van der Waals surface area contributed by atoms with Crippen molar-refractivity contribution in [2.24, 2.45) is 11.8 Å². The molecule has 1 aliphatic carbocycles. The first-order valence-electron chi connectivity index (χ1n) is 6.29. The second-order valence-electron chi connectivity index (χ2n) is 5.08. The molecule has 1 heterocycles. The molecule has 1 fully saturated rings. The van der Waals surface area contributed by atoms with Crippen LogP contribution in [-0.4, -0.2) is 9.55 Å². The van der Waals surface area contributed by atoms with E-state index in [0.29, 0.717) is 5.88 Å². The fourth-order valence-corrected chi connectivity index (χ4v) is 2.74. The Labute approximate surface area is 107 Å². The zero-order valence-electron chi connectivity index (χ0n) is 10.1. The minimum atomic E-state index is 0.492. The van der Waals surface area contributed by atoms with E-state index in [0.717, 1.165) is 29.7 Å². The average molecular weight is 249 g/mol. The number of benzene rings is 1. The number of aromatic nitrogens is 2. The van der Waals surface area contributed by atoms with E-state index < -0.39 is 0 Å². The van der Waals surface area contributed by atoms with Crippen molar-refractivity contribution in [3.8, 4) is 0 Å². The quantitative estimate of drug-likeness (QED) is 0.752. The fraction of sp³-hybridized carbons (Fsp3) is 0.500. The van der Waals surface area contributed by atoms with Gasteiger partial charge in [0.1, 0.15) is 5.82 Å². The number of hydrogen-bond acceptors (Lipinski definition) is 1. The Morgan fingerprint density at radius 1 is 1.41 bits per heavy atom. The summed E-state index contributed by atoms with van der Waals surface area (Å²) < 4.78 is 2.30. The van der Waals surface area contributed by atoms with Gasteiger partial charge in [-0.1, -0.05) is 19.1 Å². The molecule has 1 aromatic heterocycles. The lowest BCUT2D eigenvalue weighted by Crippen LogP contribution is -2.11. The molecule has 0 amide bonds. The Morgan fingerprint density at radius 3 is 2.88 bits per heavy atom. The maximum atomic E-state index is 6.00. The summed E-state index contributed by atoms with van der Waals surface area (Å²) in [4.78, 5) is 4.59. The highest BCUT2D eigenvalue weighted by Crippen LogP contribution is 2.37. The molecular weight excluding hydrogens is 232 g/mol. The third-order valence-corrected chi connectivity index (χ3v) is 3.99. The average Bonchev–Trinajstić information content (AvgIpc) is 3.14. The molecule has 0 N–H and O–H groups in total. The summed E-state index contributed by atoms with van der Waals surface area (Å²) in [6.07, 6.45) is 2.79. The van der Waals surface area contributed by atoms with Gasteiger partial charge < -0.3 is 4.57 Å². The second-order valence-corrected chi connectivity index (χ2v) is 5.34. The molecule has 1 aromatic carbocycles. The molecule has 2 aromatic rings. The third-order valence-electron chi connectivity index (χ3n) is 3.75. The van der Waals surface area contributed by atoms with Gasteiger partial charge in [0, 0.05) is 6.54 Å². The van der Waals surface area contributed by atoms with Crippen LogP contribution in [0.1, 0.15) is 25.6 Å². The topological polar surface area (TPSA) is 17.8 Å². The van der Waals surface area contributed by atoms with Gasteiger partial charge in [0.2, 0.25) is 0 Å². The van der Waals surface area contributed by atoms with E-state index in [1.165, 1.54) is 18.4 Å². The van der Waals surface area contributed by atoms with Crippen molar-refractivity contribution in [2.45, 2.75) is 32.2 Å². The highest BCUT2D eigenvalue weighted by molar-refractivity contribution is 6.16. The highest BCUT2D eigenvalue weighted by Gasteiger charge is 2.28. The Bertz CT molecular complexity index is 528. The molecule has 1 saturated carbocycles. The van der Waals surface area contributed by atoms with E-state index in [4.69, 9.17) is 11.6 Å². The summed E-state index contributed by atoms with van der Waals surface area (Å²) in [6.45, 7) is 3.39. The summed E-state index contributed by atoms with van der Waals surface area (Å²) in [5.74, 6) is 3.14. The van der Waals surface area contributed by atoms with Crippen LogP contribution in [0.3, 0.4) is 0 Å². The van der Waals surface area contributed by atoms with E-state index in [2.05, 4.69) is 34.7 Å². The smallest absolute Gasteiger partial charge is 0.124 e. The van der Waals surface area contributed by atoms with Crippen molar-refractivity contribution >= 4 is 22.6 Å². The number of halogens is 1. The first-order valence-corrected chi connectivity index (χ1v) is 6.83. The van der Waals surface area contributed by atoms with Gasteiger partial charge in [0.15, 0.2) is 0 Å². The molecule has 3 rings (SSSR count). The van der Waals surface area contributed by atoms with Gasteiger partial charge >= 0.3 is 0 Å². The van der Waals surface area contributed by atoms with E-state index in [-0.39, 0.29) is 0 Å². The van der Waals surface area contributed by atoms with E-state index in [1.807, 2.05) is 6.07 Å². The van der Waals surface area contributed by atoms with Gasteiger partial charge in [0.25, 0.3) is 0 Å². The maximum absolute atomic E-state index is 6.00. The van der Waals surface area contributed by atoms with E-state index in [1.54, 1.807) is 0 Å². The molecule has 1 atom stereocenters. The van der Waals surface area contributed by atoms with Crippen LogP contribution in [0.25, 0.3) is 11.0 Å². The van der Waals surface area contributed by atoms with Crippen LogP contribution in [-0.2, 0) is 12.4 Å². The Hall–Kier alpha value is -1.02. The van der Waals surface area contributed by atoms with Gasteiger partial charge in [-0.15, -0.1) is 11.6 Å². The van der Waals surface area contributed by atoms with Crippen LogP contribution >= 0.6 is 11.6 Å². The lowest BCUT2D eigenvalue weighted by Gasteiger charge is -2.13. The lowest BCUT2D eigenvalue weighted by atomic mass is 10.1. The van der Waals surface area contributed by atoms with Gasteiger partial charge in [-0.05, 0) is 36.8 Å². The number of alkyl halides is 1. The molecule has 2 nitrogen and oxygen atoms in total. The Balaban J connectivity index is 1.99. The molecule has 0 bridgehead atoms. The predicted molar refractivity (Wildman–Crippen MR) is 71.2 cm³/mol. The van der Waals surface area contributed by atoms with Crippen LogP contribution in [0, 0.1) is 11.8 Å². The molecule has 0 saturated heterocycles. The number of para-hydroxylation sites is 2. The second kappa shape index (κ2) is 4.34. The minimum absolute atomic E-state index is 0.492. The minimum Gasteiger partial charge on any atom is -0.327 e. The molecule has 3 heteroatoms. The molecular formula is C14H17ClN2. The molecule has 17 heavy (non-hydrogen) atoms. The first kappa shape index (κ1) is 11.1. The van der Waals surface area contributed by atoms with Gasteiger partial charge in [-0.25, -0.2) is 4.98 Å². The first-order chi connectivity index (χ1) is 8.29. The predicted octanol–water partition coefficient (Wildman–Crippen LogP) is 3.82. The molecule has 0 aliphatic heterocycles.